The average molecular weight is 396 g/mol. The van der Waals surface area contributed by atoms with Crippen LogP contribution in [0, 0.1) is 11.6 Å². The van der Waals surface area contributed by atoms with Crippen LogP contribution in [0.5, 0.6) is 11.6 Å². The Labute approximate surface area is 152 Å². The largest absolute Gasteiger partial charge is 0.434 e. The molecule has 11 heteroatoms. The lowest BCUT2D eigenvalue weighted by Crippen LogP contribution is -2.30. The highest BCUT2D eigenvalue weighted by Gasteiger charge is 2.20. The molecule has 2 aromatic heterocycles. The molecule has 0 unspecified atom stereocenters. The number of rotatable bonds is 5. The number of nitrogens with zero attached hydrogens (tertiary/aromatic N) is 3. The topological polar surface area (TPSA) is 103 Å². The van der Waals surface area contributed by atoms with Gasteiger partial charge in [-0.15, -0.1) is 5.10 Å². The summed E-state index contributed by atoms with van der Waals surface area (Å²) < 4.78 is 58.7. The minimum absolute atomic E-state index is 0.0193. The molecule has 142 valence electrons. The molecule has 0 aliphatic heterocycles. The van der Waals surface area contributed by atoms with Crippen LogP contribution < -0.4 is 9.46 Å². The summed E-state index contributed by atoms with van der Waals surface area (Å²) in [6, 6.07) is 4.23. The van der Waals surface area contributed by atoms with Crippen molar-refractivity contribution in [1.82, 2.24) is 19.3 Å². The van der Waals surface area contributed by atoms with Crippen molar-refractivity contribution in [3.05, 3.63) is 53.4 Å². The van der Waals surface area contributed by atoms with Crippen molar-refractivity contribution in [3.8, 4) is 11.6 Å². The number of hydrogen-bond donors (Lipinski definition) is 1. The van der Waals surface area contributed by atoms with Gasteiger partial charge in [-0.1, -0.05) is 6.92 Å². The van der Waals surface area contributed by atoms with Gasteiger partial charge in [0.25, 0.3) is 5.91 Å². The Balaban J connectivity index is 1.89. The Kier molecular flexibility index (Phi) is 4.79. The van der Waals surface area contributed by atoms with Crippen LogP contribution in [-0.2, 0) is 16.4 Å². The molecule has 1 amide bonds. The van der Waals surface area contributed by atoms with E-state index in [1.165, 1.54) is 10.6 Å². The van der Waals surface area contributed by atoms with Gasteiger partial charge in [-0.3, -0.25) is 4.79 Å². The predicted molar refractivity (Wildman–Crippen MR) is 91.1 cm³/mol. The van der Waals surface area contributed by atoms with Crippen LogP contribution in [0.2, 0.25) is 0 Å². The minimum atomic E-state index is -3.92. The van der Waals surface area contributed by atoms with Gasteiger partial charge in [-0.05, 0) is 18.6 Å². The van der Waals surface area contributed by atoms with Crippen molar-refractivity contribution in [2.24, 2.45) is 0 Å². The molecule has 1 N–H and O–H groups in total. The SMILES string of the molecule is CCc1cn2nc(Oc3cc(F)c(C(=O)NS(C)(=O)=O)cc3F)ccc2n1. The molecular weight excluding hydrogens is 382 g/mol. The first-order valence-corrected chi connectivity index (χ1v) is 9.59. The number of imidazole rings is 1. The van der Waals surface area contributed by atoms with Crippen LogP contribution >= 0.6 is 0 Å². The molecule has 1 aromatic carbocycles. The van der Waals surface area contributed by atoms with Crippen molar-refractivity contribution in [2.75, 3.05) is 6.26 Å². The van der Waals surface area contributed by atoms with Crippen LogP contribution in [0.1, 0.15) is 23.0 Å². The van der Waals surface area contributed by atoms with E-state index in [-0.39, 0.29) is 5.88 Å². The molecule has 0 fully saturated rings. The number of hydrogen-bond acceptors (Lipinski definition) is 6. The van der Waals surface area contributed by atoms with Gasteiger partial charge in [0.15, 0.2) is 17.2 Å². The molecule has 0 bridgehead atoms. The third-order valence-corrected chi connectivity index (χ3v) is 4.02. The first kappa shape index (κ1) is 18.7. The number of ether oxygens (including phenoxy) is 1. The summed E-state index contributed by atoms with van der Waals surface area (Å²) in [6.07, 6.45) is 3.10. The second kappa shape index (κ2) is 6.91. The molecule has 8 nitrogen and oxygen atoms in total. The Bertz CT molecular complexity index is 1140. The van der Waals surface area contributed by atoms with E-state index in [1.807, 2.05) is 6.92 Å². The first-order valence-electron chi connectivity index (χ1n) is 7.70. The second-order valence-electron chi connectivity index (χ2n) is 5.63. The zero-order chi connectivity index (χ0) is 19.8. The number of carbonyl (C=O) groups excluding carboxylic acids is 1. The number of amides is 1. The summed E-state index contributed by atoms with van der Waals surface area (Å²) in [5.41, 5.74) is 0.604. The van der Waals surface area contributed by atoms with E-state index < -0.39 is 38.9 Å². The van der Waals surface area contributed by atoms with E-state index >= 15 is 0 Å². The predicted octanol–water partition coefficient (Wildman–Crippen LogP) is 2.05. The fourth-order valence-corrected chi connectivity index (χ4v) is 2.70. The first-order chi connectivity index (χ1) is 12.7. The maximum atomic E-state index is 14.2. The zero-order valence-corrected chi connectivity index (χ0v) is 15.0. The van der Waals surface area contributed by atoms with E-state index in [9.17, 15) is 22.0 Å². The Morgan fingerprint density at radius 3 is 2.67 bits per heavy atom. The monoisotopic (exact) mass is 396 g/mol. The number of fused-ring (bicyclic) bond motifs is 1. The van der Waals surface area contributed by atoms with E-state index in [0.29, 0.717) is 24.2 Å². The van der Waals surface area contributed by atoms with Crippen molar-refractivity contribution in [3.63, 3.8) is 0 Å². The van der Waals surface area contributed by atoms with Gasteiger partial charge in [-0.25, -0.2) is 31.4 Å². The van der Waals surface area contributed by atoms with E-state index in [4.69, 9.17) is 4.74 Å². The van der Waals surface area contributed by atoms with Crippen LogP contribution in [-0.4, -0.2) is 35.2 Å². The third-order valence-electron chi connectivity index (χ3n) is 3.47. The number of aromatic nitrogens is 3. The van der Waals surface area contributed by atoms with Gasteiger partial charge < -0.3 is 4.74 Å². The Morgan fingerprint density at radius 1 is 1.26 bits per heavy atom. The number of nitrogens with one attached hydrogen (secondary N) is 1. The minimum Gasteiger partial charge on any atom is -0.434 e. The highest BCUT2D eigenvalue weighted by Crippen LogP contribution is 2.26. The van der Waals surface area contributed by atoms with Crippen LogP contribution in [0.25, 0.3) is 5.65 Å². The van der Waals surface area contributed by atoms with Crippen molar-refractivity contribution < 1.29 is 26.7 Å². The van der Waals surface area contributed by atoms with Gasteiger partial charge in [-0.2, -0.15) is 0 Å². The molecule has 3 rings (SSSR count). The molecule has 0 radical (unpaired) electrons. The summed E-state index contributed by atoms with van der Waals surface area (Å²) in [4.78, 5) is 16.0. The van der Waals surface area contributed by atoms with Gasteiger partial charge in [0, 0.05) is 12.1 Å². The average Bonchev–Trinajstić information content (AvgIpc) is 2.98. The molecule has 0 saturated carbocycles. The van der Waals surface area contributed by atoms with E-state index in [0.717, 1.165) is 11.9 Å². The summed E-state index contributed by atoms with van der Waals surface area (Å²) in [7, 11) is -3.92. The highest BCUT2D eigenvalue weighted by atomic mass is 32.2. The number of benzene rings is 1. The molecule has 2 heterocycles. The lowest BCUT2D eigenvalue weighted by molar-refractivity contribution is 0.0977. The number of sulfonamides is 1. The highest BCUT2D eigenvalue weighted by molar-refractivity contribution is 7.89. The molecule has 0 aliphatic rings. The molecule has 27 heavy (non-hydrogen) atoms. The van der Waals surface area contributed by atoms with Crippen molar-refractivity contribution in [1.29, 1.82) is 0 Å². The maximum absolute atomic E-state index is 14.2. The fraction of sp³-hybridized carbons (Fsp3) is 0.188. The molecule has 3 aromatic rings. The Hall–Kier alpha value is -3.08. The number of carbonyl (C=O) groups is 1. The van der Waals surface area contributed by atoms with Crippen molar-refractivity contribution >= 4 is 21.6 Å². The molecule has 0 spiro atoms. The molecule has 0 atom stereocenters. The zero-order valence-electron chi connectivity index (χ0n) is 14.2. The van der Waals surface area contributed by atoms with E-state index in [2.05, 4.69) is 10.1 Å². The van der Waals surface area contributed by atoms with Crippen molar-refractivity contribution in [2.45, 2.75) is 13.3 Å². The number of halogens is 2. The summed E-state index contributed by atoms with van der Waals surface area (Å²) >= 11 is 0. The van der Waals surface area contributed by atoms with Gasteiger partial charge >= 0.3 is 0 Å². The van der Waals surface area contributed by atoms with Gasteiger partial charge in [0.05, 0.1) is 23.7 Å². The second-order valence-corrected chi connectivity index (χ2v) is 7.38. The van der Waals surface area contributed by atoms with Gasteiger partial charge in [0.2, 0.25) is 15.9 Å². The quantitative estimate of drug-likeness (QED) is 0.708. The van der Waals surface area contributed by atoms with Gasteiger partial charge in [0.1, 0.15) is 5.82 Å². The third kappa shape index (κ3) is 4.19. The fourth-order valence-electron chi connectivity index (χ4n) is 2.26. The maximum Gasteiger partial charge on any atom is 0.267 e. The van der Waals surface area contributed by atoms with Crippen LogP contribution in [0.4, 0.5) is 8.78 Å². The number of aryl methyl sites for hydroxylation is 1. The standard InChI is InChI=1S/C16H14F2N4O4S/c1-3-9-8-22-14(19-9)4-5-15(20-22)26-13-7-11(17)10(6-12(13)18)16(23)21-27(2,24)25/h4-8H,3H2,1-2H3,(H,21,23). The molecular formula is C16H14F2N4O4S. The lowest BCUT2D eigenvalue weighted by Gasteiger charge is -2.09. The lowest BCUT2D eigenvalue weighted by atomic mass is 10.2. The summed E-state index contributed by atoms with van der Waals surface area (Å²) in [6.45, 7) is 1.93. The Morgan fingerprint density at radius 2 is 2.00 bits per heavy atom. The van der Waals surface area contributed by atoms with E-state index in [1.54, 1.807) is 17.0 Å². The molecule has 0 saturated heterocycles. The summed E-state index contributed by atoms with van der Waals surface area (Å²) in [5.74, 6) is -4.02. The normalized spacial score (nSPS) is 11.6. The smallest absolute Gasteiger partial charge is 0.267 e. The van der Waals surface area contributed by atoms with Crippen LogP contribution in [0.15, 0.2) is 30.5 Å². The summed E-state index contributed by atoms with van der Waals surface area (Å²) in [5, 5.41) is 4.10. The molecule has 0 aliphatic carbocycles. The van der Waals surface area contributed by atoms with Crippen LogP contribution in [0.3, 0.4) is 0 Å².